The van der Waals surface area contributed by atoms with Gasteiger partial charge in [0.1, 0.15) is 0 Å². The Morgan fingerprint density at radius 2 is 2.21 bits per heavy atom. The number of fused-ring (bicyclic) bond motifs is 1. The average molecular weight is 261 g/mol. The summed E-state index contributed by atoms with van der Waals surface area (Å²) < 4.78 is 10.6. The maximum Gasteiger partial charge on any atom is 0.231 e. The number of ether oxygens (including phenoxy) is 2. The van der Waals surface area contributed by atoms with Crippen molar-refractivity contribution in [3.8, 4) is 11.5 Å². The number of aryl methyl sites for hydroxylation is 1. The van der Waals surface area contributed by atoms with Gasteiger partial charge in [0.15, 0.2) is 17.3 Å². The summed E-state index contributed by atoms with van der Waals surface area (Å²) in [6.07, 6.45) is 1.52. The number of nitrogens with two attached hydrogens (primary N) is 1. The minimum absolute atomic E-state index is 0.288. The van der Waals surface area contributed by atoms with Crippen LogP contribution in [0, 0.1) is 0 Å². The van der Waals surface area contributed by atoms with Crippen LogP contribution in [-0.2, 0) is 12.0 Å². The standard InChI is InChI=1S/C12H15N5O2/c1-12(13,11-14-16-17-15-11)5-4-8-2-3-9-10(6-8)19-7-18-9/h2-3,6H,4-5,7,13H2,1H3,(H,14,15,16,17). The minimum atomic E-state index is -0.608. The molecule has 3 N–H and O–H groups in total. The van der Waals surface area contributed by atoms with E-state index in [1.54, 1.807) is 0 Å². The molecule has 1 aromatic heterocycles. The molecule has 0 saturated carbocycles. The fraction of sp³-hybridized carbons (Fsp3) is 0.417. The van der Waals surface area contributed by atoms with Gasteiger partial charge >= 0.3 is 0 Å². The van der Waals surface area contributed by atoms with Crippen molar-refractivity contribution in [2.24, 2.45) is 5.73 Å². The van der Waals surface area contributed by atoms with E-state index in [0.717, 1.165) is 23.5 Å². The van der Waals surface area contributed by atoms with Crippen molar-refractivity contribution < 1.29 is 9.47 Å². The lowest BCUT2D eigenvalue weighted by Crippen LogP contribution is -2.35. The molecule has 3 rings (SSSR count). The predicted molar refractivity (Wildman–Crippen MR) is 66.6 cm³/mol. The fourth-order valence-corrected chi connectivity index (χ4v) is 2.02. The molecule has 2 heterocycles. The Morgan fingerprint density at radius 3 is 3.00 bits per heavy atom. The van der Waals surface area contributed by atoms with Crippen molar-refractivity contribution in [1.82, 2.24) is 20.6 Å². The number of nitrogens with zero attached hydrogens (tertiary/aromatic N) is 3. The number of hydrogen-bond donors (Lipinski definition) is 2. The summed E-state index contributed by atoms with van der Waals surface area (Å²) in [4.78, 5) is 0. The molecule has 1 aromatic carbocycles. The Bertz CT molecular complexity index is 568. The van der Waals surface area contributed by atoms with Crippen LogP contribution in [0.4, 0.5) is 0 Å². The Morgan fingerprint density at radius 1 is 1.37 bits per heavy atom. The highest BCUT2D eigenvalue weighted by Crippen LogP contribution is 2.33. The fourth-order valence-electron chi connectivity index (χ4n) is 2.02. The maximum absolute atomic E-state index is 6.20. The van der Waals surface area contributed by atoms with Crippen LogP contribution in [-0.4, -0.2) is 27.4 Å². The van der Waals surface area contributed by atoms with E-state index in [4.69, 9.17) is 15.2 Å². The molecule has 0 bridgehead atoms. The molecule has 0 radical (unpaired) electrons. The topological polar surface area (TPSA) is 98.9 Å². The van der Waals surface area contributed by atoms with Gasteiger partial charge in [-0.3, -0.25) is 0 Å². The van der Waals surface area contributed by atoms with E-state index in [0.29, 0.717) is 12.2 Å². The second kappa shape index (κ2) is 4.51. The summed E-state index contributed by atoms with van der Waals surface area (Å²) in [5, 5.41) is 13.8. The summed E-state index contributed by atoms with van der Waals surface area (Å²) in [6.45, 7) is 2.18. The normalized spacial score (nSPS) is 16.3. The average Bonchev–Trinajstić information content (AvgIpc) is 3.07. The van der Waals surface area contributed by atoms with E-state index in [9.17, 15) is 0 Å². The molecule has 0 aliphatic carbocycles. The Hall–Kier alpha value is -2.15. The number of aromatic nitrogens is 4. The molecule has 100 valence electrons. The molecule has 1 aliphatic heterocycles. The van der Waals surface area contributed by atoms with Gasteiger partial charge < -0.3 is 15.2 Å². The minimum Gasteiger partial charge on any atom is -0.454 e. The van der Waals surface area contributed by atoms with Crippen molar-refractivity contribution in [3.05, 3.63) is 29.6 Å². The molecule has 2 aromatic rings. The highest BCUT2D eigenvalue weighted by molar-refractivity contribution is 5.44. The van der Waals surface area contributed by atoms with Crippen LogP contribution in [0.25, 0.3) is 0 Å². The van der Waals surface area contributed by atoms with E-state index in [2.05, 4.69) is 20.6 Å². The van der Waals surface area contributed by atoms with Gasteiger partial charge in [-0.25, -0.2) is 0 Å². The lowest BCUT2D eigenvalue weighted by Gasteiger charge is -2.20. The summed E-state index contributed by atoms with van der Waals surface area (Å²) in [6, 6.07) is 5.91. The Kier molecular flexibility index (Phi) is 2.83. The molecule has 1 aliphatic rings. The number of H-pyrrole nitrogens is 1. The van der Waals surface area contributed by atoms with Crippen LogP contribution < -0.4 is 15.2 Å². The highest BCUT2D eigenvalue weighted by Gasteiger charge is 2.26. The number of aromatic amines is 1. The molecular formula is C12H15N5O2. The van der Waals surface area contributed by atoms with E-state index in [-0.39, 0.29) is 6.79 Å². The van der Waals surface area contributed by atoms with E-state index < -0.39 is 5.54 Å². The number of rotatable bonds is 4. The Balaban J connectivity index is 1.69. The van der Waals surface area contributed by atoms with Gasteiger partial charge in [0.05, 0.1) is 5.54 Å². The van der Waals surface area contributed by atoms with Crippen LogP contribution in [0.1, 0.15) is 24.7 Å². The van der Waals surface area contributed by atoms with Gasteiger partial charge in [0.25, 0.3) is 0 Å². The monoisotopic (exact) mass is 261 g/mol. The van der Waals surface area contributed by atoms with Gasteiger partial charge in [0, 0.05) is 0 Å². The molecular weight excluding hydrogens is 246 g/mol. The van der Waals surface area contributed by atoms with Crippen molar-refractivity contribution in [2.75, 3.05) is 6.79 Å². The van der Waals surface area contributed by atoms with Crippen LogP contribution in [0.15, 0.2) is 18.2 Å². The maximum atomic E-state index is 6.20. The number of hydrogen-bond acceptors (Lipinski definition) is 6. The third-order valence-electron chi connectivity index (χ3n) is 3.23. The zero-order valence-electron chi connectivity index (χ0n) is 10.6. The first-order valence-electron chi connectivity index (χ1n) is 6.06. The van der Waals surface area contributed by atoms with E-state index in [1.165, 1.54) is 0 Å². The second-order valence-electron chi connectivity index (χ2n) is 4.84. The summed E-state index contributed by atoms with van der Waals surface area (Å²) >= 11 is 0. The second-order valence-corrected chi connectivity index (χ2v) is 4.84. The molecule has 7 nitrogen and oxygen atoms in total. The summed E-state index contributed by atoms with van der Waals surface area (Å²) in [7, 11) is 0. The molecule has 0 amide bonds. The predicted octanol–water partition coefficient (Wildman–Crippen LogP) is 0.735. The molecule has 7 heteroatoms. The number of tetrazole rings is 1. The molecule has 1 unspecified atom stereocenters. The summed E-state index contributed by atoms with van der Waals surface area (Å²) in [5.74, 6) is 2.10. The lowest BCUT2D eigenvalue weighted by atomic mass is 9.93. The zero-order chi connectivity index (χ0) is 13.3. The van der Waals surface area contributed by atoms with Crippen molar-refractivity contribution >= 4 is 0 Å². The van der Waals surface area contributed by atoms with Gasteiger partial charge in [-0.2, -0.15) is 5.21 Å². The molecule has 0 spiro atoms. The number of nitrogens with one attached hydrogen (secondary N) is 1. The summed E-state index contributed by atoms with van der Waals surface area (Å²) in [5.41, 5.74) is 6.74. The van der Waals surface area contributed by atoms with E-state index in [1.807, 2.05) is 25.1 Å². The van der Waals surface area contributed by atoms with Crippen LogP contribution in [0.2, 0.25) is 0 Å². The first kappa shape index (κ1) is 11.9. The van der Waals surface area contributed by atoms with E-state index >= 15 is 0 Å². The van der Waals surface area contributed by atoms with Crippen LogP contribution >= 0.6 is 0 Å². The van der Waals surface area contributed by atoms with Gasteiger partial charge in [-0.15, -0.1) is 10.2 Å². The zero-order valence-corrected chi connectivity index (χ0v) is 10.6. The molecule has 0 saturated heterocycles. The van der Waals surface area contributed by atoms with Crippen LogP contribution in [0.3, 0.4) is 0 Å². The quantitative estimate of drug-likeness (QED) is 0.842. The SMILES string of the molecule is CC(N)(CCc1ccc2c(c1)OCO2)c1nn[nH]n1. The van der Waals surface area contributed by atoms with Crippen LogP contribution in [0.5, 0.6) is 11.5 Å². The number of benzene rings is 1. The first-order valence-corrected chi connectivity index (χ1v) is 6.06. The highest BCUT2D eigenvalue weighted by atomic mass is 16.7. The van der Waals surface area contributed by atoms with Gasteiger partial charge in [-0.05, 0) is 37.5 Å². The van der Waals surface area contributed by atoms with Gasteiger partial charge in [0.2, 0.25) is 6.79 Å². The van der Waals surface area contributed by atoms with Gasteiger partial charge in [-0.1, -0.05) is 11.3 Å². The first-order chi connectivity index (χ1) is 9.15. The molecule has 1 atom stereocenters. The largest absolute Gasteiger partial charge is 0.454 e. The van der Waals surface area contributed by atoms with Crippen molar-refractivity contribution in [2.45, 2.75) is 25.3 Å². The lowest BCUT2D eigenvalue weighted by molar-refractivity contribution is 0.174. The third kappa shape index (κ3) is 2.37. The third-order valence-corrected chi connectivity index (χ3v) is 3.23. The molecule has 0 fully saturated rings. The smallest absolute Gasteiger partial charge is 0.231 e. The van der Waals surface area contributed by atoms with Crippen molar-refractivity contribution in [1.29, 1.82) is 0 Å². The molecule has 19 heavy (non-hydrogen) atoms. The Labute approximate surface area is 110 Å². The van der Waals surface area contributed by atoms with Crippen molar-refractivity contribution in [3.63, 3.8) is 0 Å².